The second-order valence-electron chi connectivity index (χ2n) is 10.3. The molecular formula is C25H39N. The lowest BCUT2D eigenvalue weighted by Crippen LogP contribution is -2.40. The lowest BCUT2D eigenvalue weighted by molar-refractivity contribution is 0.196. The number of allylic oxidation sites excluding steroid dienone is 2. The van der Waals surface area contributed by atoms with Crippen molar-refractivity contribution in [3.8, 4) is 0 Å². The molecule has 0 saturated carbocycles. The molecule has 1 aliphatic carbocycles. The molecule has 1 aromatic rings. The van der Waals surface area contributed by atoms with Gasteiger partial charge in [0.2, 0.25) is 0 Å². The summed E-state index contributed by atoms with van der Waals surface area (Å²) in [6.07, 6.45) is 6.48. The lowest BCUT2D eigenvalue weighted by atomic mass is 9.66. The van der Waals surface area contributed by atoms with Crippen molar-refractivity contribution in [2.45, 2.75) is 92.0 Å². The van der Waals surface area contributed by atoms with Gasteiger partial charge >= 0.3 is 0 Å². The molecule has 2 aliphatic rings. The molecule has 1 nitrogen and oxygen atoms in total. The van der Waals surface area contributed by atoms with E-state index < -0.39 is 0 Å². The molecule has 1 aromatic carbocycles. The van der Waals surface area contributed by atoms with E-state index in [1.165, 1.54) is 42.6 Å². The number of hydrogen-bond donors (Lipinski definition) is 0. The SMILES string of the molecule is CC1=CC(C)C2(CC1)CN(c1c(C(C)C)cccc1C(C)C)C(C)(C)C2. The molecule has 1 aliphatic heterocycles. The van der Waals surface area contributed by atoms with E-state index in [1.54, 1.807) is 5.57 Å². The summed E-state index contributed by atoms with van der Waals surface area (Å²) in [4.78, 5) is 2.79. The highest BCUT2D eigenvalue weighted by Gasteiger charge is 2.51. The average Bonchev–Trinajstić information content (AvgIpc) is 2.82. The van der Waals surface area contributed by atoms with Crippen molar-refractivity contribution in [3.63, 3.8) is 0 Å². The van der Waals surface area contributed by atoms with E-state index in [9.17, 15) is 0 Å². The van der Waals surface area contributed by atoms with Crippen molar-refractivity contribution < 1.29 is 0 Å². The Hall–Kier alpha value is -1.24. The van der Waals surface area contributed by atoms with Gasteiger partial charge in [0.1, 0.15) is 0 Å². The first-order valence-electron chi connectivity index (χ1n) is 10.7. The van der Waals surface area contributed by atoms with E-state index in [1.807, 2.05) is 0 Å². The van der Waals surface area contributed by atoms with Crippen LogP contribution in [0, 0.1) is 11.3 Å². The van der Waals surface area contributed by atoms with Gasteiger partial charge in [0, 0.05) is 17.8 Å². The van der Waals surface area contributed by atoms with Gasteiger partial charge in [-0.2, -0.15) is 0 Å². The van der Waals surface area contributed by atoms with Gasteiger partial charge in [0.05, 0.1) is 0 Å². The van der Waals surface area contributed by atoms with Gasteiger partial charge in [-0.15, -0.1) is 0 Å². The van der Waals surface area contributed by atoms with Crippen molar-refractivity contribution in [1.29, 1.82) is 0 Å². The summed E-state index contributed by atoms with van der Waals surface area (Å²) in [5.41, 5.74) is 6.82. The molecule has 1 heteroatoms. The van der Waals surface area contributed by atoms with Gasteiger partial charge in [-0.25, -0.2) is 0 Å². The lowest BCUT2D eigenvalue weighted by Gasteiger charge is -2.39. The van der Waals surface area contributed by atoms with Gasteiger partial charge < -0.3 is 4.90 Å². The Labute approximate surface area is 161 Å². The maximum Gasteiger partial charge on any atom is 0.0441 e. The van der Waals surface area contributed by atoms with E-state index in [-0.39, 0.29) is 5.54 Å². The summed E-state index contributed by atoms with van der Waals surface area (Å²) in [5, 5.41) is 0. The Balaban J connectivity index is 2.10. The largest absolute Gasteiger partial charge is 0.365 e. The minimum atomic E-state index is 0.210. The highest BCUT2D eigenvalue weighted by molar-refractivity contribution is 5.64. The fraction of sp³-hybridized carbons (Fsp3) is 0.680. The highest BCUT2D eigenvalue weighted by Crippen LogP contribution is 2.55. The molecule has 1 spiro atoms. The van der Waals surface area contributed by atoms with Crippen LogP contribution in [0.3, 0.4) is 0 Å². The normalized spacial score (nSPS) is 28.3. The highest BCUT2D eigenvalue weighted by atomic mass is 15.2. The van der Waals surface area contributed by atoms with Crippen LogP contribution in [0.25, 0.3) is 0 Å². The predicted molar refractivity (Wildman–Crippen MR) is 115 cm³/mol. The Morgan fingerprint density at radius 3 is 2.12 bits per heavy atom. The van der Waals surface area contributed by atoms with Crippen LogP contribution in [0.2, 0.25) is 0 Å². The van der Waals surface area contributed by atoms with E-state index in [0.717, 1.165) is 0 Å². The van der Waals surface area contributed by atoms with E-state index in [0.29, 0.717) is 23.2 Å². The first kappa shape index (κ1) is 19.5. The first-order chi connectivity index (χ1) is 12.1. The average molecular weight is 354 g/mol. The monoisotopic (exact) mass is 353 g/mol. The minimum absolute atomic E-state index is 0.210. The number of para-hydroxylation sites is 1. The summed E-state index contributed by atoms with van der Waals surface area (Å²) in [7, 11) is 0. The molecule has 1 fully saturated rings. The fourth-order valence-corrected chi connectivity index (χ4v) is 5.58. The first-order valence-corrected chi connectivity index (χ1v) is 10.7. The molecule has 1 heterocycles. The van der Waals surface area contributed by atoms with E-state index in [2.05, 4.69) is 84.6 Å². The molecule has 0 radical (unpaired) electrons. The third-order valence-corrected chi connectivity index (χ3v) is 7.12. The molecular weight excluding hydrogens is 314 g/mol. The summed E-state index contributed by atoms with van der Waals surface area (Å²) >= 11 is 0. The molecule has 3 rings (SSSR count). The maximum absolute atomic E-state index is 2.79. The van der Waals surface area contributed by atoms with Crippen LogP contribution < -0.4 is 4.90 Å². The zero-order valence-electron chi connectivity index (χ0n) is 18.3. The standard InChI is InChI=1S/C25H39N/c1-17(2)21-10-9-11-22(18(3)4)23(21)26-16-25(15-24(26,7)8)13-12-19(5)14-20(25)6/h9-11,14,17-18,20H,12-13,15-16H2,1-8H3. The Morgan fingerprint density at radius 1 is 1.04 bits per heavy atom. The van der Waals surface area contributed by atoms with Crippen molar-refractivity contribution in [1.82, 2.24) is 0 Å². The second kappa shape index (κ2) is 6.73. The molecule has 2 atom stereocenters. The van der Waals surface area contributed by atoms with Gasteiger partial charge in [-0.1, -0.05) is 64.5 Å². The summed E-state index contributed by atoms with van der Waals surface area (Å²) in [6.45, 7) is 20.3. The van der Waals surface area contributed by atoms with Gasteiger partial charge in [0.15, 0.2) is 0 Å². The number of nitrogens with zero attached hydrogens (tertiary/aromatic N) is 1. The summed E-state index contributed by atoms with van der Waals surface area (Å²) in [6, 6.07) is 6.99. The molecule has 144 valence electrons. The molecule has 0 aromatic heterocycles. The van der Waals surface area contributed by atoms with Crippen LogP contribution >= 0.6 is 0 Å². The number of hydrogen-bond acceptors (Lipinski definition) is 1. The smallest absolute Gasteiger partial charge is 0.0441 e. The van der Waals surface area contributed by atoms with E-state index >= 15 is 0 Å². The molecule has 26 heavy (non-hydrogen) atoms. The Morgan fingerprint density at radius 2 is 1.62 bits per heavy atom. The fourth-order valence-electron chi connectivity index (χ4n) is 5.58. The third kappa shape index (κ3) is 3.23. The van der Waals surface area contributed by atoms with Crippen molar-refractivity contribution in [2.75, 3.05) is 11.4 Å². The number of benzene rings is 1. The molecule has 0 N–H and O–H groups in total. The van der Waals surface area contributed by atoms with Crippen molar-refractivity contribution >= 4 is 5.69 Å². The molecule has 0 bridgehead atoms. The van der Waals surface area contributed by atoms with Crippen LogP contribution in [-0.2, 0) is 0 Å². The van der Waals surface area contributed by atoms with Crippen LogP contribution in [0.4, 0.5) is 5.69 Å². The third-order valence-electron chi connectivity index (χ3n) is 7.12. The van der Waals surface area contributed by atoms with Gasteiger partial charge in [-0.05, 0) is 74.3 Å². The van der Waals surface area contributed by atoms with Crippen LogP contribution in [-0.4, -0.2) is 12.1 Å². The topological polar surface area (TPSA) is 3.24 Å². The Bertz CT molecular complexity index is 668. The van der Waals surface area contributed by atoms with Crippen LogP contribution in [0.5, 0.6) is 0 Å². The van der Waals surface area contributed by atoms with Crippen LogP contribution in [0.1, 0.15) is 97.6 Å². The maximum atomic E-state index is 2.79. The zero-order valence-corrected chi connectivity index (χ0v) is 18.3. The number of anilines is 1. The van der Waals surface area contributed by atoms with E-state index in [4.69, 9.17) is 0 Å². The van der Waals surface area contributed by atoms with Gasteiger partial charge in [-0.3, -0.25) is 0 Å². The zero-order chi connectivity index (χ0) is 19.3. The molecule has 0 amide bonds. The van der Waals surface area contributed by atoms with Crippen LogP contribution in [0.15, 0.2) is 29.8 Å². The Kier molecular flexibility index (Phi) is 5.05. The minimum Gasteiger partial charge on any atom is -0.365 e. The summed E-state index contributed by atoms with van der Waals surface area (Å²) < 4.78 is 0. The second-order valence-corrected chi connectivity index (χ2v) is 10.3. The van der Waals surface area contributed by atoms with Crippen molar-refractivity contribution in [2.24, 2.45) is 11.3 Å². The van der Waals surface area contributed by atoms with Gasteiger partial charge in [0.25, 0.3) is 0 Å². The predicted octanol–water partition coefficient (Wildman–Crippen LogP) is 7.28. The molecule has 1 saturated heterocycles. The molecule has 2 unspecified atom stereocenters. The quantitative estimate of drug-likeness (QED) is 0.516. The number of rotatable bonds is 3. The van der Waals surface area contributed by atoms with Crippen molar-refractivity contribution in [3.05, 3.63) is 41.0 Å². The summed E-state index contributed by atoms with van der Waals surface area (Å²) in [5.74, 6) is 1.79.